The molecule has 1 saturated heterocycles. The van der Waals surface area contributed by atoms with E-state index in [-0.39, 0.29) is 0 Å². The lowest BCUT2D eigenvalue weighted by Gasteiger charge is -2.34. The first-order valence-electron chi connectivity index (χ1n) is 6.12. The van der Waals surface area contributed by atoms with Crippen LogP contribution in [0.5, 0.6) is 0 Å². The van der Waals surface area contributed by atoms with Gasteiger partial charge < -0.3 is 4.74 Å². The molecule has 0 spiro atoms. The summed E-state index contributed by atoms with van der Waals surface area (Å²) in [5.41, 5.74) is 0. The molecule has 0 aromatic carbocycles. The Morgan fingerprint density at radius 2 is 2.33 bits per heavy atom. The van der Waals surface area contributed by atoms with E-state index < -0.39 is 0 Å². The minimum atomic E-state index is 0.309. The quantitative estimate of drug-likeness (QED) is 0.692. The number of morpholine rings is 1. The van der Waals surface area contributed by atoms with Crippen LogP contribution in [-0.2, 0) is 9.53 Å². The van der Waals surface area contributed by atoms with Crippen LogP contribution in [-0.4, -0.2) is 43.0 Å². The fraction of sp³-hybridized carbons (Fsp3) is 0.917. The molecule has 0 amide bonds. The van der Waals surface area contributed by atoms with Crippen LogP contribution >= 0.6 is 0 Å². The summed E-state index contributed by atoms with van der Waals surface area (Å²) < 4.78 is 5.50. The van der Waals surface area contributed by atoms with E-state index in [9.17, 15) is 4.79 Å². The Kier molecular flexibility index (Phi) is 3.76. The van der Waals surface area contributed by atoms with E-state index in [2.05, 4.69) is 11.8 Å². The van der Waals surface area contributed by atoms with E-state index in [1.54, 1.807) is 0 Å². The number of ether oxygens (including phenoxy) is 1. The smallest absolute Gasteiger partial charge is 0.137 e. The monoisotopic (exact) mass is 211 g/mol. The normalized spacial score (nSPS) is 34.3. The molecule has 15 heavy (non-hydrogen) atoms. The number of Topliss-reactive ketones (excluding diaryl/α,β-unsaturated/α-hetero) is 1. The van der Waals surface area contributed by atoms with Crippen LogP contribution in [0.15, 0.2) is 0 Å². The third-order valence-corrected chi connectivity index (χ3v) is 3.48. The Morgan fingerprint density at radius 3 is 3.07 bits per heavy atom. The zero-order valence-corrected chi connectivity index (χ0v) is 9.58. The maximum Gasteiger partial charge on any atom is 0.137 e. The third kappa shape index (κ3) is 3.02. The number of carbonyl (C=O) groups is 1. The van der Waals surface area contributed by atoms with Gasteiger partial charge in [0.1, 0.15) is 5.78 Å². The average Bonchev–Trinajstić information content (AvgIpc) is 2.22. The summed E-state index contributed by atoms with van der Waals surface area (Å²) in [4.78, 5) is 14.1. The minimum absolute atomic E-state index is 0.309. The van der Waals surface area contributed by atoms with Crippen LogP contribution in [0.4, 0.5) is 0 Å². The van der Waals surface area contributed by atoms with E-state index in [1.165, 1.54) is 6.42 Å². The van der Waals surface area contributed by atoms with Gasteiger partial charge in [0.15, 0.2) is 0 Å². The standard InChI is InChI=1S/C12H21NO2/c1-10-8-13(6-7-15-10)9-11-4-2-3-5-12(11)14/h10-11H,2-9H2,1H3. The Bertz CT molecular complexity index is 230. The summed E-state index contributed by atoms with van der Waals surface area (Å²) in [5, 5.41) is 0. The Hall–Kier alpha value is -0.410. The van der Waals surface area contributed by atoms with Crippen LogP contribution in [0.3, 0.4) is 0 Å². The predicted octanol–water partition coefficient (Wildman–Crippen LogP) is 1.47. The fourth-order valence-corrected chi connectivity index (χ4v) is 2.62. The van der Waals surface area contributed by atoms with Gasteiger partial charge >= 0.3 is 0 Å². The van der Waals surface area contributed by atoms with E-state index in [0.29, 0.717) is 17.8 Å². The molecule has 1 heterocycles. The predicted molar refractivity (Wildman–Crippen MR) is 58.8 cm³/mol. The summed E-state index contributed by atoms with van der Waals surface area (Å²) in [7, 11) is 0. The first-order chi connectivity index (χ1) is 7.25. The number of hydrogen-bond donors (Lipinski definition) is 0. The zero-order chi connectivity index (χ0) is 10.7. The first kappa shape index (κ1) is 11.1. The van der Waals surface area contributed by atoms with E-state index in [0.717, 1.165) is 45.5 Å². The van der Waals surface area contributed by atoms with Crippen LogP contribution < -0.4 is 0 Å². The van der Waals surface area contributed by atoms with Gasteiger partial charge in [-0.1, -0.05) is 6.42 Å². The van der Waals surface area contributed by atoms with Crippen molar-refractivity contribution in [1.82, 2.24) is 4.90 Å². The topological polar surface area (TPSA) is 29.5 Å². The number of carbonyl (C=O) groups excluding carboxylic acids is 1. The Morgan fingerprint density at radius 1 is 1.47 bits per heavy atom. The average molecular weight is 211 g/mol. The summed E-state index contributed by atoms with van der Waals surface area (Å²) in [6.07, 6.45) is 4.58. The highest BCUT2D eigenvalue weighted by Gasteiger charge is 2.26. The van der Waals surface area contributed by atoms with Gasteiger partial charge in [0.05, 0.1) is 12.7 Å². The molecule has 3 heteroatoms. The van der Waals surface area contributed by atoms with Gasteiger partial charge in [-0.15, -0.1) is 0 Å². The number of hydrogen-bond acceptors (Lipinski definition) is 3. The van der Waals surface area contributed by atoms with Crippen molar-refractivity contribution in [3.8, 4) is 0 Å². The van der Waals surface area contributed by atoms with Crippen molar-refractivity contribution < 1.29 is 9.53 Å². The molecule has 2 fully saturated rings. The lowest BCUT2D eigenvalue weighted by molar-refractivity contribution is -0.126. The van der Waals surface area contributed by atoms with E-state index in [4.69, 9.17) is 4.74 Å². The summed E-state index contributed by atoms with van der Waals surface area (Å²) >= 11 is 0. The van der Waals surface area contributed by atoms with Crippen molar-refractivity contribution >= 4 is 5.78 Å². The molecule has 0 aromatic rings. The molecule has 0 radical (unpaired) electrons. The van der Waals surface area contributed by atoms with Gasteiger partial charge in [0.25, 0.3) is 0 Å². The van der Waals surface area contributed by atoms with E-state index in [1.807, 2.05) is 0 Å². The summed E-state index contributed by atoms with van der Waals surface area (Å²) in [6, 6.07) is 0. The molecule has 1 aliphatic heterocycles. The lowest BCUT2D eigenvalue weighted by Crippen LogP contribution is -2.44. The van der Waals surface area contributed by atoms with Crippen LogP contribution in [0.1, 0.15) is 32.6 Å². The fourth-order valence-electron chi connectivity index (χ4n) is 2.62. The van der Waals surface area contributed by atoms with Crippen LogP contribution in [0.2, 0.25) is 0 Å². The summed E-state index contributed by atoms with van der Waals surface area (Å²) in [5.74, 6) is 0.796. The molecule has 0 N–H and O–H groups in total. The van der Waals surface area contributed by atoms with E-state index >= 15 is 0 Å². The largest absolute Gasteiger partial charge is 0.376 e. The number of rotatable bonds is 2. The highest BCUT2D eigenvalue weighted by molar-refractivity contribution is 5.81. The van der Waals surface area contributed by atoms with Crippen molar-refractivity contribution in [3.05, 3.63) is 0 Å². The van der Waals surface area contributed by atoms with Crippen molar-refractivity contribution in [3.63, 3.8) is 0 Å². The third-order valence-electron chi connectivity index (χ3n) is 3.48. The molecule has 2 rings (SSSR count). The molecule has 86 valence electrons. The second-order valence-corrected chi connectivity index (χ2v) is 4.85. The lowest BCUT2D eigenvalue weighted by atomic mass is 9.87. The molecule has 1 saturated carbocycles. The zero-order valence-electron chi connectivity index (χ0n) is 9.58. The minimum Gasteiger partial charge on any atom is -0.376 e. The Balaban J connectivity index is 1.81. The highest BCUT2D eigenvalue weighted by atomic mass is 16.5. The SMILES string of the molecule is CC1CN(CC2CCCCC2=O)CCO1. The molecule has 2 atom stereocenters. The van der Waals surface area contributed by atoms with Crippen molar-refractivity contribution in [1.29, 1.82) is 0 Å². The number of nitrogens with zero attached hydrogens (tertiary/aromatic N) is 1. The maximum atomic E-state index is 11.7. The van der Waals surface area contributed by atoms with Gasteiger partial charge in [-0.2, -0.15) is 0 Å². The molecule has 2 unspecified atom stereocenters. The molecule has 0 bridgehead atoms. The van der Waals surface area contributed by atoms with Crippen molar-refractivity contribution in [2.45, 2.75) is 38.7 Å². The highest BCUT2D eigenvalue weighted by Crippen LogP contribution is 2.22. The molecule has 1 aliphatic carbocycles. The van der Waals surface area contributed by atoms with Crippen molar-refractivity contribution in [2.24, 2.45) is 5.92 Å². The first-order valence-corrected chi connectivity index (χ1v) is 6.12. The second-order valence-electron chi connectivity index (χ2n) is 4.85. The Labute approximate surface area is 91.8 Å². The van der Waals surface area contributed by atoms with Crippen molar-refractivity contribution in [2.75, 3.05) is 26.2 Å². The number of ketones is 1. The van der Waals surface area contributed by atoms with Gasteiger partial charge in [-0.25, -0.2) is 0 Å². The molecular formula is C12H21NO2. The van der Waals surface area contributed by atoms with Gasteiger partial charge in [-0.05, 0) is 19.8 Å². The molecule has 0 aromatic heterocycles. The van der Waals surface area contributed by atoms with Crippen LogP contribution in [0.25, 0.3) is 0 Å². The molecular weight excluding hydrogens is 190 g/mol. The molecule has 3 nitrogen and oxygen atoms in total. The van der Waals surface area contributed by atoms with Gasteiger partial charge in [0.2, 0.25) is 0 Å². The maximum absolute atomic E-state index is 11.7. The molecule has 2 aliphatic rings. The van der Waals surface area contributed by atoms with Gasteiger partial charge in [-0.3, -0.25) is 9.69 Å². The van der Waals surface area contributed by atoms with Crippen LogP contribution in [0, 0.1) is 5.92 Å². The van der Waals surface area contributed by atoms with Gasteiger partial charge in [0, 0.05) is 32.0 Å². The summed E-state index contributed by atoms with van der Waals surface area (Å²) in [6.45, 7) is 5.88. The second kappa shape index (κ2) is 5.08.